The minimum atomic E-state index is -4.95. The lowest BCUT2D eigenvalue weighted by atomic mass is 9.99. The van der Waals surface area contributed by atoms with E-state index in [0.717, 1.165) is 108 Å². The number of phosphoric acid groups is 2. The molecule has 17 nitrogen and oxygen atoms in total. The second-order valence-electron chi connectivity index (χ2n) is 24.3. The van der Waals surface area contributed by atoms with Crippen LogP contribution in [-0.2, 0) is 65.4 Å². The zero-order valence-electron chi connectivity index (χ0n) is 53.6. The van der Waals surface area contributed by atoms with E-state index in [2.05, 4.69) is 48.5 Å². The van der Waals surface area contributed by atoms with Gasteiger partial charge in [0, 0.05) is 25.7 Å². The van der Waals surface area contributed by atoms with E-state index in [1.807, 2.05) is 0 Å². The molecule has 0 aliphatic rings. The predicted molar refractivity (Wildman–Crippen MR) is 331 cm³/mol. The zero-order chi connectivity index (χ0) is 61.7. The maximum Gasteiger partial charge on any atom is 0.472 e. The SMILES string of the molecule is CCCCCCCC(=O)OC[C@H](COP(=O)(O)OC[C@H](O)COP(=O)(O)OC[C@@H](COC(=O)CCCCCCCCCCCCC(C)CC)OC(=O)CCCCCCCCCCCCCCC(C)C)OC(=O)CCCCCCCCC(C)C. The van der Waals surface area contributed by atoms with Crippen molar-refractivity contribution in [1.82, 2.24) is 0 Å². The van der Waals surface area contributed by atoms with Gasteiger partial charge in [0.25, 0.3) is 0 Å². The van der Waals surface area contributed by atoms with Gasteiger partial charge in [0.05, 0.1) is 26.4 Å². The normalized spacial score (nSPS) is 14.7. The highest BCUT2D eigenvalue weighted by molar-refractivity contribution is 7.47. The fraction of sp³-hybridized carbons (Fsp3) is 0.938. The Bertz CT molecular complexity index is 1650. The van der Waals surface area contributed by atoms with Crippen LogP contribution < -0.4 is 0 Å². The molecule has 0 aromatic rings. The smallest absolute Gasteiger partial charge is 0.462 e. The number of hydrogen-bond donors (Lipinski definition) is 3. The zero-order valence-corrected chi connectivity index (χ0v) is 55.4. The average molecular weight is 1230 g/mol. The summed E-state index contributed by atoms with van der Waals surface area (Å²) in [5, 5.41) is 10.5. The maximum absolute atomic E-state index is 13.0. The number of esters is 4. The van der Waals surface area contributed by atoms with Gasteiger partial charge >= 0.3 is 39.5 Å². The second-order valence-corrected chi connectivity index (χ2v) is 27.3. The molecule has 0 saturated heterocycles. The minimum absolute atomic E-state index is 0.101. The Morgan fingerprint density at radius 3 is 0.916 bits per heavy atom. The van der Waals surface area contributed by atoms with Gasteiger partial charge in [0.1, 0.15) is 19.3 Å². The summed E-state index contributed by atoms with van der Waals surface area (Å²) in [6.07, 6.45) is 36.6. The van der Waals surface area contributed by atoms with Crippen LogP contribution in [0, 0.1) is 17.8 Å². The molecule has 0 heterocycles. The van der Waals surface area contributed by atoms with E-state index in [4.69, 9.17) is 37.0 Å². The summed E-state index contributed by atoms with van der Waals surface area (Å²) in [5.74, 6) is 0.106. The van der Waals surface area contributed by atoms with Crippen LogP contribution >= 0.6 is 15.6 Å². The highest BCUT2D eigenvalue weighted by atomic mass is 31.2. The first-order valence-corrected chi connectivity index (χ1v) is 36.4. The Labute approximate surface area is 505 Å². The van der Waals surface area contributed by atoms with Gasteiger partial charge in [-0.15, -0.1) is 0 Å². The van der Waals surface area contributed by atoms with Crippen molar-refractivity contribution in [1.29, 1.82) is 0 Å². The van der Waals surface area contributed by atoms with Crippen molar-refractivity contribution in [3.8, 4) is 0 Å². The number of rotatable bonds is 62. The molecular formula is C64H124O17P2. The van der Waals surface area contributed by atoms with Gasteiger partial charge in [-0.1, -0.05) is 260 Å². The van der Waals surface area contributed by atoms with E-state index in [0.29, 0.717) is 31.6 Å². The summed E-state index contributed by atoms with van der Waals surface area (Å²) >= 11 is 0. The fourth-order valence-electron chi connectivity index (χ4n) is 9.45. The monoisotopic (exact) mass is 1230 g/mol. The number of aliphatic hydroxyl groups excluding tert-OH is 1. The molecule has 0 saturated carbocycles. The van der Waals surface area contributed by atoms with Crippen molar-refractivity contribution in [2.45, 2.75) is 330 Å². The second kappa shape index (κ2) is 55.4. The number of aliphatic hydroxyl groups is 1. The number of unbranched alkanes of at least 4 members (excludes halogenated alkanes) is 29. The standard InChI is InChI=1S/C64H124O17P2/c1-8-10-11-28-38-45-61(66)74-51-59(81-64(69)48-41-34-27-26-30-36-43-56(5)6)53-78-82(70,71)76-49-58(65)50-77-83(72,73)79-54-60(52-75-62(67)46-39-32-24-20-17-16-19-23-31-37-44-57(7)9-2)80-63(68)47-40-33-25-21-15-13-12-14-18-22-29-35-42-55(3)4/h55-60,65H,8-54H2,1-7H3,(H,70,71)(H,72,73)/t57?,58-,59+,60+/m0/s1. The maximum atomic E-state index is 13.0. The van der Waals surface area contributed by atoms with Gasteiger partial charge in [-0.3, -0.25) is 37.3 Å². The summed E-state index contributed by atoms with van der Waals surface area (Å²) in [7, 11) is -9.88. The Morgan fingerprint density at radius 1 is 0.349 bits per heavy atom. The number of carbonyl (C=O) groups excluding carboxylic acids is 4. The molecule has 3 N–H and O–H groups in total. The fourth-order valence-corrected chi connectivity index (χ4v) is 11.0. The minimum Gasteiger partial charge on any atom is -0.462 e. The van der Waals surface area contributed by atoms with Crippen LogP contribution in [0.2, 0.25) is 0 Å². The summed E-state index contributed by atoms with van der Waals surface area (Å²) in [6, 6.07) is 0. The third-order valence-corrected chi connectivity index (χ3v) is 16.9. The molecule has 0 aliphatic carbocycles. The van der Waals surface area contributed by atoms with Crippen molar-refractivity contribution < 1.29 is 80.2 Å². The van der Waals surface area contributed by atoms with Crippen LogP contribution in [0.4, 0.5) is 0 Å². The average Bonchev–Trinajstić information content (AvgIpc) is 3.45. The molecule has 0 radical (unpaired) electrons. The van der Waals surface area contributed by atoms with E-state index < -0.39 is 97.5 Å². The topological polar surface area (TPSA) is 237 Å². The van der Waals surface area contributed by atoms with Crippen LogP contribution in [-0.4, -0.2) is 96.7 Å². The molecule has 0 aromatic carbocycles. The molecule has 0 aromatic heterocycles. The number of carbonyl (C=O) groups is 4. The molecular weight excluding hydrogens is 1100 g/mol. The molecule has 0 aliphatic heterocycles. The molecule has 0 fully saturated rings. The van der Waals surface area contributed by atoms with Gasteiger partial charge in [-0.25, -0.2) is 9.13 Å². The van der Waals surface area contributed by atoms with Gasteiger partial charge in [-0.2, -0.15) is 0 Å². The van der Waals surface area contributed by atoms with Gasteiger partial charge in [-0.05, 0) is 43.4 Å². The quantitative estimate of drug-likeness (QED) is 0.0222. The van der Waals surface area contributed by atoms with Crippen molar-refractivity contribution in [2.75, 3.05) is 39.6 Å². The molecule has 19 heteroatoms. The lowest BCUT2D eigenvalue weighted by Crippen LogP contribution is -2.30. The van der Waals surface area contributed by atoms with Crippen molar-refractivity contribution in [3.63, 3.8) is 0 Å². The highest BCUT2D eigenvalue weighted by Gasteiger charge is 2.30. The Hall–Kier alpha value is -1.94. The van der Waals surface area contributed by atoms with Crippen molar-refractivity contribution in [2.24, 2.45) is 17.8 Å². The highest BCUT2D eigenvalue weighted by Crippen LogP contribution is 2.45. The molecule has 0 bridgehead atoms. The van der Waals surface area contributed by atoms with E-state index in [1.54, 1.807) is 0 Å². The number of hydrogen-bond acceptors (Lipinski definition) is 15. The van der Waals surface area contributed by atoms with Gasteiger partial charge in [0.2, 0.25) is 0 Å². The lowest BCUT2D eigenvalue weighted by Gasteiger charge is -2.21. The summed E-state index contributed by atoms with van der Waals surface area (Å²) in [6.45, 7) is 11.7. The molecule has 0 amide bonds. The van der Waals surface area contributed by atoms with Crippen molar-refractivity contribution in [3.05, 3.63) is 0 Å². The molecule has 6 atom stereocenters. The number of ether oxygens (including phenoxy) is 4. The van der Waals surface area contributed by atoms with Gasteiger partial charge in [0.15, 0.2) is 12.2 Å². The number of phosphoric ester groups is 2. The largest absolute Gasteiger partial charge is 0.472 e. The summed E-state index contributed by atoms with van der Waals surface area (Å²) in [4.78, 5) is 72.0. The first kappa shape index (κ1) is 81.1. The van der Waals surface area contributed by atoms with Crippen LogP contribution in [0.3, 0.4) is 0 Å². The Balaban J connectivity index is 5.18. The lowest BCUT2D eigenvalue weighted by molar-refractivity contribution is -0.161. The molecule has 83 heavy (non-hydrogen) atoms. The van der Waals surface area contributed by atoms with Gasteiger partial charge < -0.3 is 33.8 Å². The third-order valence-electron chi connectivity index (χ3n) is 15.0. The molecule has 3 unspecified atom stereocenters. The van der Waals surface area contributed by atoms with E-state index >= 15 is 0 Å². The van der Waals surface area contributed by atoms with E-state index in [9.17, 15) is 43.2 Å². The summed E-state index contributed by atoms with van der Waals surface area (Å²) < 4.78 is 67.8. The van der Waals surface area contributed by atoms with E-state index in [-0.39, 0.29) is 25.7 Å². The van der Waals surface area contributed by atoms with Crippen LogP contribution in [0.15, 0.2) is 0 Å². The van der Waals surface area contributed by atoms with Crippen LogP contribution in [0.5, 0.6) is 0 Å². The van der Waals surface area contributed by atoms with Crippen LogP contribution in [0.1, 0.15) is 312 Å². The molecule has 0 rings (SSSR count). The first-order valence-electron chi connectivity index (χ1n) is 33.4. The summed E-state index contributed by atoms with van der Waals surface area (Å²) in [5.41, 5.74) is 0. The van der Waals surface area contributed by atoms with E-state index in [1.165, 1.54) is 116 Å². The first-order chi connectivity index (χ1) is 39.8. The van der Waals surface area contributed by atoms with Crippen molar-refractivity contribution >= 4 is 39.5 Å². The molecule has 0 spiro atoms. The van der Waals surface area contributed by atoms with Crippen LogP contribution in [0.25, 0.3) is 0 Å². The third kappa shape index (κ3) is 57.6. The predicted octanol–water partition coefficient (Wildman–Crippen LogP) is 17.5. The Kier molecular flexibility index (Phi) is 54.1. The molecule has 492 valence electrons. The Morgan fingerprint density at radius 2 is 0.614 bits per heavy atom.